The fourth-order valence-corrected chi connectivity index (χ4v) is 3.03. The van der Waals surface area contributed by atoms with Gasteiger partial charge in [0, 0.05) is 23.5 Å². The Balaban J connectivity index is 1.63. The number of halogens is 1. The molecule has 0 fully saturated rings. The van der Waals surface area contributed by atoms with Gasteiger partial charge in [0.05, 0.1) is 24.6 Å². The lowest BCUT2D eigenvalue weighted by Crippen LogP contribution is -2.26. The summed E-state index contributed by atoms with van der Waals surface area (Å²) in [5, 5.41) is 6.87. The number of ether oxygens (including phenoxy) is 1. The molecule has 0 saturated carbocycles. The number of hydrogen-bond acceptors (Lipinski definition) is 4. The van der Waals surface area contributed by atoms with Gasteiger partial charge in [-0.3, -0.25) is 9.78 Å². The number of carbonyl (C=O) groups is 1. The molecular weight excluding hydrogens is 374 g/mol. The van der Waals surface area contributed by atoms with Crippen LogP contribution in [0.3, 0.4) is 0 Å². The maximum atomic E-state index is 12.5. The Kier molecular flexibility index (Phi) is 6.50. The van der Waals surface area contributed by atoms with Crippen molar-refractivity contribution in [3.05, 3.63) is 82.6 Å². The van der Waals surface area contributed by atoms with Gasteiger partial charge in [-0.1, -0.05) is 35.9 Å². The van der Waals surface area contributed by atoms with Crippen LogP contribution >= 0.6 is 11.6 Å². The molecule has 144 valence electrons. The van der Waals surface area contributed by atoms with Crippen LogP contribution in [0.5, 0.6) is 5.75 Å². The van der Waals surface area contributed by atoms with E-state index in [0.717, 1.165) is 28.3 Å². The van der Waals surface area contributed by atoms with E-state index in [0.29, 0.717) is 23.6 Å². The van der Waals surface area contributed by atoms with Crippen LogP contribution in [-0.4, -0.2) is 24.5 Å². The first-order valence-corrected chi connectivity index (χ1v) is 9.33. The zero-order chi connectivity index (χ0) is 19.9. The van der Waals surface area contributed by atoms with Crippen LogP contribution in [0, 0.1) is 6.92 Å². The number of pyridine rings is 1. The first-order valence-electron chi connectivity index (χ1n) is 8.96. The lowest BCUT2D eigenvalue weighted by atomic mass is 10.1. The highest BCUT2D eigenvalue weighted by molar-refractivity contribution is 6.31. The summed E-state index contributed by atoms with van der Waals surface area (Å²) in [6.07, 6.45) is 3.91. The van der Waals surface area contributed by atoms with Gasteiger partial charge in [0.15, 0.2) is 0 Å². The van der Waals surface area contributed by atoms with Gasteiger partial charge < -0.3 is 15.4 Å². The first kappa shape index (κ1) is 19.7. The van der Waals surface area contributed by atoms with Crippen molar-refractivity contribution in [2.24, 2.45) is 0 Å². The number of carbonyl (C=O) groups excluding carboxylic acids is 1. The number of hydrogen-bond donors (Lipinski definition) is 2. The summed E-state index contributed by atoms with van der Waals surface area (Å²) in [5.74, 6) is 0.648. The summed E-state index contributed by atoms with van der Waals surface area (Å²) < 4.78 is 5.34. The van der Waals surface area contributed by atoms with E-state index in [1.807, 2.05) is 49.4 Å². The van der Waals surface area contributed by atoms with Crippen molar-refractivity contribution in [1.29, 1.82) is 0 Å². The van der Waals surface area contributed by atoms with Gasteiger partial charge in [-0.05, 0) is 48.7 Å². The fraction of sp³-hybridized carbons (Fsp3) is 0.182. The zero-order valence-electron chi connectivity index (χ0n) is 15.8. The summed E-state index contributed by atoms with van der Waals surface area (Å²) in [6, 6.07) is 15.2. The van der Waals surface area contributed by atoms with Crippen molar-refractivity contribution in [3.8, 4) is 5.75 Å². The van der Waals surface area contributed by atoms with Gasteiger partial charge >= 0.3 is 0 Å². The molecule has 0 spiro atoms. The molecular formula is C22H22ClN3O2. The molecule has 0 saturated heterocycles. The third kappa shape index (κ3) is 4.81. The molecule has 0 bridgehead atoms. The minimum absolute atomic E-state index is 0.172. The molecule has 3 rings (SSSR count). The topological polar surface area (TPSA) is 63.2 Å². The molecule has 5 nitrogen and oxygen atoms in total. The van der Waals surface area contributed by atoms with Crippen molar-refractivity contribution in [1.82, 2.24) is 10.3 Å². The Morgan fingerprint density at radius 2 is 1.96 bits per heavy atom. The Labute approximate surface area is 169 Å². The van der Waals surface area contributed by atoms with Gasteiger partial charge in [-0.25, -0.2) is 0 Å². The molecule has 0 aliphatic heterocycles. The second-order valence-electron chi connectivity index (χ2n) is 6.32. The summed E-state index contributed by atoms with van der Waals surface area (Å²) >= 11 is 6.16. The Hall–Kier alpha value is -3.05. The monoisotopic (exact) mass is 395 g/mol. The van der Waals surface area contributed by atoms with Crippen LogP contribution in [0.15, 0.2) is 60.9 Å². The molecule has 0 atom stereocenters. The highest BCUT2D eigenvalue weighted by Gasteiger charge is 2.09. The molecule has 2 N–H and O–H groups in total. The SMILES string of the molecule is COc1ccccc1CCNC(=O)c1cncc(Nc2cccc(Cl)c2C)c1. The predicted octanol–water partition coefficient (Wildman–Crippen LogP) is 4.77. The largest absolute Gasteiger partial charge is 0.496 e. The molecule has 1 aromatic heterocycles. The second-order valence-corrected chi connectivity index (χ2v) is 6.72. The van der Waals surface area contributed by atoms with Gasteiger partial charge in [-0.2, -0.15) is 0 Å². The second kappa shape index (κ2) is 9.24. The molecule has 0 unspecified atom stereocenters. The molecule has 28 heavy (non-hydrogen) atoms. The average molecular weight is 396 g/mol. The standard InChI is InChI=1S/C22H22ClN3O2/c1-15-19(23)7-5-8-20(15)26-18-12-17(13-24-14-18)22(27)25-11-10-16-6-3-4-9-21(16)28-2/h3-9,12-14,26H,10-11H2,1-2H3,(H,25,27). The zero-order valence-corrected chi connectivity index (χ0v) is 16.6. The van der Waals surface area contributed by atoms with Crippen molar-refractivity contribution in [2.75, 3.05) is 19.0 Å². The van der Waals surface area contributed by atoms with E-state index in [1.165, 1.54) is 0 Å². The van der Waals surface area contributed by atoms with Crippen molar-refractivity contribution >= 4 is 28.9 Å². The minimum atomic E-state index is -0.172. The van der Waals surface area contributed by atoms with Crippen LogP contribution in [-0.2, 0) is 6.42 Å². The maximum Gasteiger partial charge on any atom is 0.252 e. The molecule has 1 heterocycles. The summed E-state index contributed by atoms with van der Waals surface area (Å²) in [5.41, 5.74) is 4.08. The quantitative estimate of drug-likeness (QED) is 0.605. The molecule has 0 aliphatic rings. The van der Waals surface area contributed by atoms with E-state index < -0.39 is 0 Å². The third-order valence-corrected chi connectivity index (χ3v) is 4.83. The number of benzene rings is 2. The lowest BCUT2D eigenvalue weighted by molar-refractivity contribution is 0.0953. The van der Waals surface area contributed by atoms with Crippen LogP contribution in [0.4, 0.5) is 11.4 Å². The van der Waals surface area contributed by atoms with Gasteiger partial charge in [0.1, 0.15) is 5.75 Å². The van der Waals surface area contributed by atoms with E-state index in [4.69, 9.17) is 16.3 Å². The lowest BCUT2D eigenvalue weighted by Gasteiger charge is -2.12. The normalized spacial score (nSPS) is 10.4. The number of aromatic nitrogens is 1. The van der Waals surface area contributed by atoms with Gasteiger partial charge in [0.25, 0.3) is 5.91 Å². The number of amides is 1. The van der Waals surface area contributed by atoms with E-state index in [2.05, 4.69) is 15.6 Å². The van der Waals surface area contributed by atoms with Crippen LogP contribution < -0.4 is 15.4 Å². The summed E-state index contributed by atoms with van der Waals surface area (Å²) in [7, 11) is 1.64. The van der Waals surface area contributed by atoms with E-state index in [9.17, 15) is 4.79 Å². The highest BCUT2D eigenvalue weighted by atomic mass is 35.5. The smallest absolute Gasteiger partial charge is 0.252 e. The van der Waals surface area contributed by atoms with Gasteiger partial charge in [-0.15, -0.1) is 0 Å². The first-order chi connectivity index (χ1) is 13.6. The minimum Gasteiger partial charge on any atom is -0.496 e. The number of rotatable bonds is 7. The highest BCUT2D eigenvalue weighted by Crippen LogP contribution is 2.26. The molecule has 1 amide bonds. The number of para-hydroxylation sites is 1. The Morgan fingerprint density at radius 3 is 2.79 bits per heavy atom. The third-order valence-electron chi connectivity index (χ3n) is 4.42. The number of nitrogens with zero attached hydrogens (tertiary/aromatic N) is 1. The molecule has 6 heteroatoms. The van der Waals surface area contributed by atoms with Crippen LogP contribution in [0.1, 0.15) is 21.5 Å². The number of anilines is 2. The van der Waals surface area contributed by atoms with Crippen molar-refractivity contribution < 1.29 is 9.53 Å². The van der Waals surface area contributed by atoms with Crippen LogP contribution in [0.2, 0.25) is 5.02 Å². The maximum absolute atomic E-state index is 12.5. The number of methoxy groups -OCH3 is 1. The molecule has 0 aliphatic carbocycles. The number of nitrogens with one attached hydrogen (secondary N) is 2. The Bertz CT molecular complexity index is 976. The van der Waals surface area contributed by atoms with Crippen molar-refractivity contribution in [2.45, 2.75) is 13.3 Å². The van der Waals surface area contributed by atoms with E-state index >= 15 is 0 Å². The van der Waals surface area contributed by atoms with E-state index in [-0.39, 0.29) is 5.91 Å². The van der Waals surface area contributed by atoms with Crippen LogP contribution in [0.25, 0.3) is 0 Å². The summed E-state index contributed by atoms with van der Waals surface area (Å²) in [6.45, 7) is 2.44. The van der Waals surface area contributed by atoms with Crippen molar-refractivity contribution in [3.63, 3.8) is 0 Å². The average Bonchev–Trinajstić information content (AvgIpc) is 2.72. The molecule has 3 aromatic rings. The molecule has 0 radical (unpaired) electrons. The Morgan fingerprint density at radius 1 is 1.14 bits per heavy atom. The van der Waals surface area contributed by atoms with Gasteiger partial charge in [0.2, 0.25) is 0 Å². The molecule has 2 aromatic carbocycles. The summed E-state index contributed by atoms with van der Waals surface area (Å²) in [4.78, 5) is 16.7. The predicted molar refractivity (Wildman–Crippen MR) is 113 cm³/mol. The fourth-order valence-electron chi connectivity index (χ4n) is 2.85. The van der Waals surface area contributed by atoms with E-state index in [1.54, 1.807) is 25.6 Å².